The Hall–Kier alpha value is -1.62. The molecule has 19 heavy (non-hydrogen) atoms. The SMILES string of the molecule is COc1ccc(CCC(=O)N2CC[C@H](N)C2)cc1F. The van der Waals surface area contributed by atoms with Crippen LogP contribution >= 0.6 is 0 Å². The van der Waals surface area contributed by atoms with Crippen LogP contribution in [0.4, 0.5) is 4.39 Å². The number of rotatable bonds is 4. The van der Waals surface area contributed by atoms with Gasteiger partial charge in [0.15, 0.2) is 11.6 Å². The van der Waals surface area contributed by atoms with Crippen LogP contribution in [-0.2, 0) is 11.2 Å². The average Bonchev–Trinajstić information content (AvgIpc) is 2.83. The second-order valence-corrected chi connectivity index (χ2v) is 4.86. The number of nitrogens with zero attached hydrogens (tertiary/aromatic N) is 1. The average molecular weight is 266 g/mol. The Bertz CT molecular complexity index is 465. The molecule has 1 saturated heterocycles. The van der Waals surface area contributed by atoms with Crippen molar-refractivity contribution in [3.8, 4) is 5.75 Å². The van der Waals surface area contributed by atoms with E-state index in [9.17, 15) is 9.18 Å². The van der Waals surface area contributed by atoms with Crippen LogP contribution in [0.2, 0.25) is 0 Å². The first kappa shape index (κ1) is 13.8. The lowest BCUT2D eigenvalue weighted by Crippen LogP contribution is -2.31. The van der Waals surface area contributed by atoms with Gasteiger partial charge in [-0.1, -0.05) is 6.07 Å². The van der Waals surface area contributed by atoms with E-state index in [0.717, 1.165) is 18.5 Å². The second-order valence-electron chi connectivity index (χ2n) is 4.86. The Labute approximate surface area is 112 Å². The van der Waals surface area contributed by atoms with Crippen LogP contribution < -0.4 is 10.5 Å². The summed E-state index contributed by atoms with van der Waals surface area (Å²) >= 11 is 0. The highest BCUT2D eigenvalue weighted by molar-refractivity contribution is 5.76. The molecular weight excluding hydrogens is 247 g/mol. The lowest BCUT2D eigenvalue weighted by Gasteiger charge is -2.15. The molecule has 1 aliphatic rings. The third-order valence-corrected chi connectivity index (χ3v) is 3.42. The Kier molecular flexibility index (Phi) is 4.37. The standard InChI is InChI=1S/C14H19FN2O2/c1-19-13-4-2-10(8-12(13)15)3-5-14(18)17-7-6-11(16)9-17/h2,4,8,11H,3,5-7,9,16H2,1H3/t11-/m0/s1. The van der Waals surface area contributed by atoms with Crippen molar-refractivity contribution in [1.29, 1.82) is 0 Å². The van der Waals surface area contributed by atoms with Gasteiger partial charge < -0.3 is 15.4 Å². The van der Waals surface area contributed by atoms with Gasteiger partial charge in [-0.05, 0) is 30.5 Å². The number of methoxy groups -OCH3 is 1. The number of amides is 1. The first-order chi connectivity index (χ1) is 9.10. The Balaban J connectivity index is 1.88. The molecule has 4 nitrogen and oxygen atoms in total. The van der Waals surface area contributed by atoms with Gasteiger partial charge >= 0.3 is 0 Å². The summed E-state index contributed by atoms with van der Waals surface area (Å²) in [4.78, 5) is 13.7. The maximum absolute atomic E-state index is 13.5. The van der Waals surface area contributed by atoms with Gasteiger partial charge in [0.05, 0.1) is 7.11 Å². The van der Waals surface area contributed by atoms with Crippen molar-refractivity contribution in [3.05, 3.63) is 29.6 Å². The molecule has 1 amide bonds. The van der Waals surface area contributed by atoms with Gasteiger partial charge in [-0.2, -0.15) is 0 Å². The summed E-state index contributed by atoms with van der Waals surface area (Å²) in [6, 6.07) is 4.88. The smallest absolute Gasteiger partial charge is 0.222 e. The predicted octanol–water partition coefficient (Wildman–Crippen LogP) is 1.33. The van der Waals surface area contributed by atoms with Gasteiger partial charge in [-0.25, -0.2) is 4.39 Å². The normalized spacial score (nSPS) is 18.7. The number of hydrogen-bond donors (Lipinski definition) is 1. The molecule has 1 aliphatic heterocycles. The molecule has 0 aromatic heterocycles. The first-order valence-corrected chi connectivity index (χ1v) is 6.46. The van der Waals surface area contributed by atoms with Crippen molar-refractivity contribution in [1.82, 2.24) is 4.90 Å². The van der Waals surface area contributed by atoms with Crippen molar-refractivity contribution >= 4 is 5.91 Å². The molecule has 2 rings (SSSR count). The minimum Gasteiger partial charge on any atom is -0.494 e. The van der Waals surface area contributed by atoms with E-state index in [1.807, 2.05) is 0 Å². The summed E-state index contributed by atoms with van der Waals surface area (Å²) < 4.78 is 18.3. The van der Waals surface area contributed by atoms with Crippen molar-refractivity contribution in [2.75, 3.05) is 20.2 Å². The van der Waals surface area contributed by atoms with Gasteiger partial charge in [-0.15, -0.1) is 0 Å². The summed E-state index contributed by atoms with van der Waals surface area (Å²) in [5.41, 5.74) is 6.57. The van der Waals surface area contributed by atoms with Crippen molar-refractivity contribution in [2.45, 2.75) is 25.3 Å². The Morgan fingerprint density at radius 3 is 2.95 bits per heavy atom. The topological polar surface area (TPSA) is 55.6 Å². The number of halogens is 1. The van der Waals surface area contributed by atoms with Crippen LogP contribution in [0.25, 0.3) is 0 Å². The number of ether oxygens (including phenoxy) is 1. The zero-order valence-corrected chi connectivity index (χ0v) is 11.1. The van der Waals surface area contributed by atoms with Crippen LogP contribution in [0.5, 0.6) is 5.75 Å². The van der Waals surface area contributed by atoms with Gasteiger partial charge in [0.25, 0.3) is 0 Å². The zero-order valence-electron chi connectivity index (χ0n) is 11.1. The fourth-order valence-corrected chi connectivity index (χ4v) is 2.29. The largest absolute Gasteiger partial charge is 0.494 e. The first-order valence-electron chi connectivity index (χ1n) is 6.46. The van der Waals surface area contributed by atoms with Crippen molar-refractivity contribution in [2.24, 2.45) is 5.73 Å². The number of carbonyl (C=O) groups is 1. The number of carbonyl (C=O) groups excluding carboxylic acids is 1. The Morgan fingerprint density at radius 2 is 2.37 bits per heavy atom. The van der Waals surface area contributed by atoms with E-state index < -0.39 is 5.82 Å². The number of benzene rings is 1. The molecule has 1 heterocycles. The number of nitrogens with two attached hydrogens (primary N) is 1. The third-order valence-electron chi connectivity index (χ3n) is 3.42. The van der Waals surface area contributed by atoms with E-state index in [1.165, 1.54) is 13.2 Å². The molecule has 1 aromatic carbocycles. The van der Waals surface area contributed by atoms with Gasteiger partial charge in [0.2, 0.25) is 5.91 Å². The van der Waals surface area contributed by atoms with Crippen LogP contribution in [0.15, 0.2) is 18.2 Å². The van der Waals surface area contributed by atoms with E-state index in [0.29, 0.717) is 19.4 Å². The highest BCUT2D eigenvalue weighted by Gasteiger charge is 2.23. The molecular formula is C14H19FN2O2. The molecule has 0 bridgehead atoms. The molecule has 1 aromatic rings. The molecule has 0 saturated carbocycles. The number of hydrogen-bond acceptors (Lipinski definition) is 3. The van der Waals surface area contributed by atoms with E-state index in [-0.39, 0.29) is 17.7 Å². The molecule has 1 fully saturated rings. The minimum absolute atomic E-state index is 0.0872. The number of aryl methyl sites for hydroxylation is 1. The molecule has 0 unspecified atom stereocenters. The summed E-state index contributed by atoms with van der Waals surface area (Å²) in [5.74, 6) is -0.0830. The van der Waals surface area contributed by atoms with E-state index in [1.54, 1.807) is 17.0 Å². The van der Waals surface area contributed by atoms with E-state index >= 15 is 0 Å². The summed E-state index contributed by atoms with van der Waals surface area (Å²) in [6.07, 6.45) is 1.78. The van der Waals surface area contributed by atoms with Crippen molar-refractivity contribution in [3.63, 3.8) is 0 Å². The Morgan fingerprint density at radius 1 is 1.58 bits per heavy atom. The van der Waals surface area contributed by atoms with E-state index in [2.05, 4.69) is 0 Å². The molecule has 2 N–H and O–H groups in total. The quantitative estimate of drug-likeness (QED) is 0.894. The molecule has 0 aliphatic carbocycles. The van der Waals surface area contributed by atoms with Crippen molar-refractivity contribution < 1.29 is 13.9 Å². The van der Waals surface area contributed by atoms with Gasteiger partial charge in [-0.3, -0.25) is 4.79 Å². The second kappa shape index (κ2) is 6.02. The van der Waals surface area contributed by atoms with Gasteiger partial charge in [0.1, 0.15) is 0 Å². The van der Waals surface area contributed by atoms with Crippen LogP contribution in [0.1, 0.15) is 18.4 Å². The summed E-state index contributed by atoms with van der Waals surface area (Å²) in [6.45, 7) is 1.37. The fourth-order valence-electron chi connectivity index (χ4n) is 2.29. The number of likely N-dealkylation sites (tertiary alicyclic amines) is 1. The van der Waals surface area contributed by atoms with Crippen LogP contribution in [0.3, 0.4) is 0 Å². The van der Waals surface area contributed by atoms with Gasteiger partial charge in [0, 0.05) is 25.6 Å². The minimum atomic E-state index is -0.393. The predicted molar refractivity (Wildman–Crippen MR) is 70.4 cm³/mol. The molecule has 0 spiro atoms. The summed E-state index contributed by atoms with van der Waals surface area (Å²) in [5, 5.41) is 0. The molecule has 104 valence electrons. The molecule has 1 atom stereocenters. The molecule has 5 heteroatoms. The van der Waals surface area contributed by atoms with Crippen LogP contribution in [0, 0.1) is 5.82 Å². The fraction of sp³-hybridized carbons (Fsp3) is 0.500. The lowest BCUT2D eigenvalue weighted by molar-refractivity contribution is -0.130. The maximum atomic E-state index is 13.5. The highest BCUT2D eigenvalue weighted by atomic mass is 19.1. The van der Waals surface area contributed by atoms with Crippen LogP contribution in [-0.4, -0.2) is 37.0 Å². The third kappa shape index (κ3) is 3.44. The lowest BCUT2D eigenvalue weighted by atomic mass is 10.1. The monoisotopic (exact) mass is 266 g/mol. The summed E-state index contributed by atoms with van der Waals surface area (Å²) in [7, 11) is 1.43. The van der Waals surface area contributed by atoms with E-state index in [4.69, 9.17) is 10.5 Å². The maximum Gasteiger partial charge on any atom is 0.222 e. The zero-order chi connectivity index (χ0) is 13.8. The molecule has 0 radical (unpaired) electrons. The highest BCUT2D eigenvalue weighted by Crippen LogP contribution is 2.19.